The molecule has 0 saturated heterocycles. The van der Waals surface area contributed by atoms with Gasteiger partial charge in [-0.25, -0.2) is 0 Å². The van der Waals surface area contributed by atoms with Crippen LogP contribution in [0.25, 0.3) is 0 Å². The van der Waals surface area contributed by atoms with Crippen molar-refractivity contribution in [2.45, 2.75) is 39.5 Å². The third kappa shape index (κ3) is 4.28. The van der Waals surface area contributed by atoms with Gasteiger partial charge in [0.15, 0.2) is 11.5 Å². The lowest BCUT2D eigenvalue weighted by Gasteiger charge is -2.15. The zero-order valence-electron chi connectivity index (χ0n) is 17.3. The van der Waals surface area contributed by atoms with Crippen LogP contribution in [0.2, 0.25) is 0 Å². The van der Waals surface area contributed by atoms with E-state index in [1.54, 1.807) is 21.3 Å². The molecule has 2 aromatic rings. The minimum Gasteiger partial charge on any atom is -0.494 e. The fraction of sp³-hybridized carbons (Fsp3) is 0.455. The lowest BCUT2D eigenvalue weighted by atomic mass is 10.1. The van der Waals surface area contributed by atoms with Crippen LogP contribution in [0.5, 0.6) is 28.7 Å². The molecule has 2 aromatic carbocycles. The van der Waals surface area contributed by atoms with Crippen LogP contribution in [0.4, 0.5) is 0 Å². The summed E-state index contributed by atoms with van der Waals surface area (Å²) in [7, 11) is 4.84. The normalized spacial score (nSPS) is 15.0. The Morgan fingerprint density at radius 1 is 0.964 bits per heavy atom. The molecule has 0 amide bonds. The van der Waals surface area contributed by atoms with Gasteiger partial charge in [-0.05, 0) is 43.7 Å². The Morgan fingerprint density at radius 3 is 2.29 bits per heavy atom. The number of methoxy groups -OCH3 is 3. The molecule has 0 radical (unpaired) electrons. The first-order valence-electron chi connectivity index (χ1n) is 9.54. The highest BCUT2D eigenvalue weighted by Gasteiger charge is 2.22. The van der Waals surface area contributed by atoms with Crippen molar-refractivity contribution in [3.05, 3.63) is 41.0 Å². The van der Waals surface area contributed by atoms with E-state index >= 15 is 0 Å². The average Bonchev–Trinajstić information content (AvgIpc) is 3.06. The van der Waals surface area contributed by atoms with Crippen LogP contribution in [-0.2, 0) is 19.5 Å². The number of nitrogens with one attached hydrogen (secondary N) is 1. The molecule has 0 fully saturated rings. The standard InChI is InChI=1S/C22H29NO5/c1-6-27-18-10-16-7-14(2)28-19(16)11-17(18)13-23-12-15-8-20(24-3)22(26-5)21(9-15)25-4/h8-11,14,23H,6-7,12-13H2,1-5H3/t14-/m1/s1. The van der Waals surface area contributed by atoms with E-state index in [4.69, 9.17) is 23.7 Å². The van der Waals surface area contributed by atoms with Crippen LogP contribution in [0.3, 0.4) is 0 Å². The van der Waals surface area contributed by atoms with Crippen molar-refractivity contribution in [2.24, 2.45) is 0 Å². The van der Waals surface area contributed by atoms with E-state index in [0.29, 0.717) is 36.9 Å². The molecule has 0 aliphatic carbocycles. The fourth-order valence-electron chi connectivity index (χ4n) is 3.49. The first-order chi connectivity index (χ1) is 13.6. The summed E-state index contributed by atoms with van der Waals surface area (Å²) in [5, 5.41) is 3.47. The second-order valence-corrected chi connectivity index (χ2v) is 6.77. The van der Waals surface area contributed by atoms with E-state index in [9.17, 15) is 0 Å². The van der Waals surface area contributed by atoms with E-state index < -0.39 is 0 Å². The van der Waals surface area contributed by atoms with Crippen LogP contribution in [0.1, 0.15) is 30.5 Å². The second kappa shape index (κ2) is 9.06. The lowest BCUT2D eigenvalue weighted by molar-refractivity contribution is 0.254. The van der Waals surface area contributed by atoms with E-state index in [2.05, 4.69) is 24.4 Å². The fourth-order valence-corrected chi connectivity index (χ4v) is 3.49. The third-order valence-corrected chi connectivity index (χ3v) is 4.75. The molecule has 6 nitrogen and oxygen atoms in total. The topological polar surface area (TPSA) is 58.2 Å². The molecule has 0 saturated carbocycles. The summed E-state index contributed by atoms with van der Waals surface area (Å²) in [6.45, 7) is 6.03. The van der Waals surface area contributed by atoms with Crippen molar-refractivity contribution in [1.82, 2.24) is 5.32 Å². The third-order valence-electron chi connectivity index (χ3n) is 4.75. The first-order valence-corrected chi connectivity index (χ1v) is 9.54. The van der Waals surface area contributed by atoms with Gasteiger partial charge in [-0.3, -0.25) is 0 Å². The molecule has 6 heteroatoms. The van der Waals surface area contributed by atoms with Gasteiger partial charge in [0.25, 0.3) is 0 Å². The molecule has 0 aromatic heterocycles. The highest BCUT2D eigenvalue weighted by Crippen LogP contribution is 2.38. The highest BCUT2D eigenvalue weighted by atomic mass is 16.5. The van der Waals surface area contributed by atoms with Crippen LogP contribution in [-0.4, -0.2) is 34.0 Å². The number of hydrogen-bond donors (Lipinski definition) is 1. The Kier molecular flexibility index (Phi) is 6.52. The van der Waals surface area contributed by atoms with Gasteiger partial charge in [-0.15, -0.1) is 0 Å². The number of hydrogen-bond acceptors (Lipinski definition) is 6. The smallest absolute Gasteiger partial charge is 0.203 e. The van der Waals surface area contributed by atoms with Crippen molar-refractivity contribution in [2.75, 3.05) is 27.9 Å². The van der Waals surface area contributed by atoms with Gasteiger partial charge in [-0.2, -0.15) is 0 Å². The summed E-state index contributed by atoms with van der Waals surface area (Å²) in [6.07, 6.45) is 1.14. The van der Waals surface area contributed by atoms with Gasteiger partial charge >= 0.3 is 0 Å². The molecular formula is C22H29NO5. The van der Waals surface area contributed by atoms with Gasteiger partial charge in [0.1, 0.15) is 17.6 Å². The van der Waals surface area contributed by atoms with Crippen LogP contribution in [0, 0.1) is 0 Å². The Balaban J connectivity index is 1.74. The second-order valence-electron chi connectivity index (χ2n) is 6.77. The molecule has 0 bridgehead atoms. The zero-order chi connectivity index (χ0) is 20.1. The van der Waals surface area contributed by atoms with Crippen molar-refractivity contribution in [3.63, 3.8) is 0 Å². The zero-order valence-corrected chi connectivity index (χ0v) is 17.3. The maximum Gasteiger partial charge on any atom is 0.203 e. The quantitative estimate of drug-likeness (QED) is 0.708. The van der Waals surface area contributed by atoms with E-state index in [-0.39, 0.29) is 6.10 Å². The summed E-state index contributed by atoms with van der Waals surface area (Å²) in [5.41, 5.74) is 3.34. The summed E-state index contributed by atoms with van der Waals surface area (Å²) in [4.78, 5) is 0. The van der Waals surface area contributed by atoms with Gasteiger partial charge in [0.2, 0.25) is 5.75 Å². The molecule has 152 valence electrons. The van der Waals surface area contributed by atoms with E-state index in [0.717, 1.165) is 29.0 Å². The molecule has 0 unspecified atom stereocenters. The lowest BCUT2D eigenvalue weighted by Crippen LogP contribution is -2.14. The van der Waals surface area contributed by atoms with Crippen molar-refractivity contribution >= 4 is 0 Å². The van der Waals surface area contributed by atoms with Gasteiger partial charge in [0.05, 0.1) is 27.9 Å². The Labute approximate surface area is 166 Å². The minimum atomic E-state index is 0.215. The van der Waals surface area contributed by atoms with Crippen molar-refractivity contribution in [3.8, 4) is 28.7 Å². The predicted molar refractivity (Wildman–Crippen MR) is 108 cm³/mol. The molecular weight excluding hydrogens is 358 g/mol. The average molecular weight is 387 g/mol. The molecule has 1 heterocycles. The van der Waals surface area contributed by atoms with Crippen LogP contribution < -0.4 is 29.0 Å². The minimum absolute atomic E-state index is 0.215. The largest absolute Gasteiger partial charge is 0.494 e. The van der Waals surface area contributed by atoms with Crippen LogP contribution >= 0.6 is 0 Å². The van der Waals surface area contributed by atoms with E-state index in [1.807, 2.05) is 19.1 Å². The Hall–Kier alpha value is -2.60. The van der Waals surface area contributed by atoms with Gasteiger partial charge in [-0.1, -0.05) is 0 Å². The van der Waals surface area contributed by atoms with Gasteiger partial charge in [0, 0.05) is 30.6 Å². The Bertz CT molecular complexity index is 796. The van der Waals surface area contributed by atoms with Crippen LogP contribution in [0.15, 0.2) is 24.3 Å². The number of fused-ring (bicyclic) bond motifs is 1. The number of rotatable bonds is 9. The number of benzene rings is 2. The molecule has 3 rings (SSSR count). The highest BCUT2D eigenvalue weighted by molar-refractivity contribution is 5.54. The maximum atomic E-state index is 5.90. The molecule has 1 aliphatic heterocycles. The summed E-state index contributed by atoms with van der Waals surface area (Å²) in [5.74, 6) is 3.76. The molecule has 1 atom stereocenters. The molecule has 28 heavy (non-hydrogen) atoms. The molecule has 1 N–H and O–H groups in total. The van der Waals surface area contributed by atoms with Crippen molar-refractivity contribution in [1.29, 1.82) is 0 Å². The SMILES string of the molecule is CCOc1cc2c(cc1CNCc1cc(OC)c(OC)c(OC)c1)O[C@H](C)C2. The number of ether oxygens (including phenoxy) is 5. The molecule has 0 spiro atoms. The summed E-state index contributed by atoms with van der Waals surface area (Å²) >= 11 is 0. The monoisotopic (exact) mass is 387 g/mol. The molecule has 1 aliphatic rings. The maximum absolute atomic E-state index is 5.90. The van der Waals surface area contributed by atoms with Crippen molar-refractivity contribution < 1.29 is 23.7 Å². The van der Waals surface area contributed by atoms with Gasteiger partial charge < -0.3 is 29.0 Å². The summed E-state index contributed by atoms with van der Waals surface area (Å²) < 4.78 is 28.0. The van der Waals surface area contributed by atoms with E-state index in [1.165, 1.54) is 5.56 Å². The first kappa shape index (κ1) is 20.1. The Morgan fingerprint density at radius 2 is 1.68 bits per heavy atom. The summed E-state index contributed by atoms with van der Waals surface area (Å²) in [6, 6.07) is 8.10. The predicted octanol–water partition coefficient (Wildman–Crippen LogP) is 3.72.